The Labute approximate surface area is 82.6 Å². The van der Waals surface area contributed by atoms with Crippen molar-refractivity contribution < 1.29 is 0 Å². The first-order valence-electron chi connectivity index (χ1n) is 5.70. The highest BCUT2D eigenvalue weighted by Crippen LogP contribution is 2.37. The standard InChI is InChI=1S/C12H23N/c1-3-5-6-7-11-8-9-12(11)10-13-4-2/h3,11-13H,1,4-10H2,2H3. The zero-order chi connectivity index (χ0) is 9.52. The zero-order valence-corrected chi connectivity index (χ0v) is 8.89. The van der Waals surface area contributed by atoms with Gasteiger partial charge in [0.15, 0.2) is 0 Å². The van der Waals surface area contributed by atoms with Crippen molar-refractivity contribution >= 4 is 0 Å². The highest BCUT2D eigenvalue weighted by Gasteiger charge is 2.29. The van der Waals surface area contributed by atoms with Crippen LogP contribution in [-0.2, 0) is 0 Å². The lowest BCUT2D eigenvalue weighted by molar-refractivity contribution is 0.158. The molecule has 0 spiro atoms. The minimum absolute atomic E-state index is 0.977. The van der Waals surface area contributed by atoms with Gasteiger partial charge in [0.2, 0.25) is 0 Å². The van der Waals surface area contributed by atoms with Crippen LogP contribution in [0.1, 0.15) is 39.0 Å². The second kappa shape index (κ2) is 6.20. The number of hydrogen-bond donors (Lipinski definition) is 1. The molecule has 1 N–H and O–H groups in total. The van der Waals surface area contributed by atoms with Gasteiger partial charge in [-0.2, -0.15) is 0 Å². The van der Waals surface area contributed by atoms with Crippen LogP contribution in [0.25, 0.3) is 0 Å². The average Bonchev–Trinajstić information content (AvgIpc) is 2.11. The Morgan fingerprint density at radius 2 is 2.15 bits per heavy atom. The highest BCUT2D eigenvalue weighted by molar-refractivity contribution is 4.82. The van der Waals surface area contributed by atoms with Crippen LogP contribution in [0.2, 0.25) is 0 Å². The van der Waals surface area contributed by atoms with E-state index in [9.17, 15) is 0 Å². The van der Waals surface area contributed by atoms with E-state index in [-0.39, 0.29) is 0 Å². The molecular formula is C12H23N. The summed E-state index contributed by atoms with van der Waals surface area (Å²) in [6.07, 6.45) is 8.92. The normalized spacial score (nSPS) is 26.8. The van der Waals surface area contributed by atoms with E-state index in [0.717, 1.165) is 18.4 Å². The van der Waals surface area contributed by atoms with Crippen LogP contribution in [0.4, 0.5) is 0 Å². The van der Waals surface area contributed by atoms with Gasteiger partial charge in [-0.1, -0.05) is 13.0 Å². The topological polar surface area (TPSA) is 12.0 Å². The summed E-state index contributed by atoms with van der Waals surface area (Å²) >= 11 is 0. The fraction of sp³-hybridized carbons (Fsp3) is 0.833. The first-order valence-corrected chi connectivity index (χ1v) is 5.70. The van der Waals surface area contributed by atoms with E-state index in [2.05, 4.69) is 18.8 Å². The van der Waals surface area contributed by atoms with Crippen molar-refractivity contribution in [3.63, 3.8) is 0 Å². The molecule has 0 heterocycles. The van der Waals surface area contributed by atoms with Crippen molar-refractivity contribution in [3.05, 3.63) is 12.7 Å². The van der Waals surface area contributed by atoms with Gasteiger partial charge >= 0.3 is 0 Å². The summed E-state index contributed by atoms with van der Waals surface area (Å²) in [4.78, 5) is 0. The monoisotopic (exact) mass is 181 g/mol. The van der Waals surface area contributed by atoms with Crippen molar-refractivity contribution in [2.24, 2.45) is 11.8 Å². The molecule has 1 aliphatic carbocycles. The van der Waals surface area contributed by atoms with E-state index in [4.69, 9.17) is 0 Å². The lowest BCUT2D eigenvalue weighted by atomic mass is 9.71. The molecule has 2 unspecified atom stereocenters. The highest BCUT2D eigenvalue weighted by atomic mass is 14.9. The molecule has 0 amide bonds. The SMILES string of the molecule is C=CCCCC1CCC1CNCC. The summed E-state index contributed by atoms with van der Waals surface area (Å²) in [7, 11) is 0. The smallest absolute Gasteiger partial charge is 0.00180 e. The Morgan fingerprint density at radius 3 is 2.69 bits per heavy atom. The Hall–Kier alpha value is -0.300. The summed E-state index contributed by atoms with van der Waals surface area (Å²) in [6.45, 7) is 8.31. The first kappa shape index (κ1) is 10.8. The van der Waals surface area contributed by atoms with E-state index in [0.29, 0.717) is 0 Å². The second-order valence-electron chi connectivity index (χ2n) is 4.12. The molecule has 0 saturated heterocycles. The van der Waals surface area contributed by atoms with Gasteiger partial charge in [0.05, 0.1) is 0 Å². The summed E-state index contributed by atoms with van der Waals surface area (Å²) in [5.74, 6) is 1.99. The van der Waals surface area contributed by atoms with Crippen LogP contribution in [0.15, 0.2) is 12.7 Å². The molecule has 13 heavy (non-hydrogen) atoms. The van der Waals surface area contributed by atoms with Crippen LogP contribution in [0, 0.1) is 11.8 Å². The summed E-state index contributed by atoms with van der Waals surface area (Å²) in [5.41, 5.74) is 0. The summed E-state index contributed by atoms with van der Waals surface area (Å²) in [5, 5.41) is 3.45. The van der Waals surface area contributed by atoms with E-state index < -0.39 is 0 Å². The van der Waals surface area contributed by atoms with Gasteiger partial charge in [-0.05, 0) is 57.0 Å². The van der Waals surface area contributed by atoms with Crippen LogP contribution in [-0.4, -0.2) is 13.1 Å². The van der Waals surface area contributed by atoms with E-state index in [1.165, 1.54) is 38.6 Å². The Kier molecular flexibility index (Phi) is 5.14. The van der Waals surface area contributed by atoms with Gasteiger partial charge in [-0.25, -0.2) is 0 Å². The number of hydrogen-bond acceptors (Lipinski definition) is 1. The first-order chi connectivity index (χ1) is 6.38. The largest absolute Gasteiger partial charge is 0.317 e. The summed E-state index contributed by atoms with van der Waals surface area (Å²) < 4.78 is 0. The number of allylic oxidation sites excluding steroid dienone is 1. The van der Waals surface area contributed by atoms with Gasteiger partial charge < -0.3 is 5.32 Å². The van der Waals surface area contributed by atoms with Crippen LogP contribution in [0.3, 0.4) is 0 Å². The van der Waals surface area contributed by atoms with Crippen LogP contribution < -0.4 is 5.32 Å². The molecule has 1 nitrogen and oxygen atoms in total. The predicted molar refractivity (Wildman–Crippen MR) is 58.8 cm³/mol. The van der Waals surface area contributed by atoms with Crippen molar-refractivity contribution in [2.75, 3.05) is 13.1 Å². The fourth-order valence-electron chi connectivity index (χ4n) is 2.14. The van der Waals surface area contributed by atoms with Crippen molar-refractivity contribution in [3.8, 4) is 0 Å². The Bertz CT molecular complexity index is 142. The molecule has 0 aromatic heterocycles. The van der Waals surface area contributed by atoms with Crippen molar-refractivity contribution in [2.45, 2.75) is 39.0 Å². The molecule has 0 aliphatic heterocycles. The van der Waals surface area contributed by atoms with Gasteiger partial charge in [-0.15, -0.1) is 6.58 Å². The van der Waals surface area contributed by atoms with E-state index >= 15 is 0 Å². The molecule has 76 valence electrons. The van der Waals surface area contributed by atoms with Gasteiger partial charge in [0, 0.05) is 0 Å². The molecule has 1 aliphatic rings. The molecule has 0 aromatic carbocycles. The number of nitrogens with one attached hydrogen (secondary N) is 1. The minimum atomic E-state index is 0.977. The van der Waals surface area contributed by atoms with Gasteiger partial charge in [0.1, 0.15) is 0 Å². The predicted octanol–water partition coefficient (Wildman–Crippen LogP) is 2.98. The molecule has 1 saturated carbocycles. The third-order valence-electron chi connectivity index (χ3n) is 3.21. The summed E-state index contributed by atoms with van der Waals surface area (Å²) in [6, 6.07) is 0. The average molecular weight is 181 g/mol. The maximum Gasteiger partial charge on any atom is -0.00180 e. The molecule has 0 radical (unpaired) electrons. The fourth-order valence-corrected chi connectivity index (χ4v) is 2.14. The van der Waals surface area contributed by atoms with Crippen LogP contribution in [0.5, 0.6) is 0 Å². The minimum Gasteiger partial charge on any atom is -0.317 e. The van der Waals surface area contributed by atoms with Crippen LogP contribution >= 0.6 is 0 Å². The Morgan fingerprint density at radius 1 is 1.38 bits per heavy atom. The lowest BCUT2D eigenvalue weighted by Gasteiger charge is -2.37. The molecule has 1 fully saturated rings. The number of unbranched alkanes of at least 4 members (excludes halogenated alkanes) is 1. The second-order valence-corrected chi connectivity index (χ2v) is 4.12. The molecule has 1 rings (SSSR count). The molecule has 1 heteroatoms. The van der Waals surface area contributed by atoms with Gasteiger partial charge in [-0.3, -0.25) is 0 Å². The van der Waals surface area contributed by atoms with Crippen molar-refractivity contribution in [1.82, 2.24) is 5.32 Å². The third-order valence-corrected chi connectivity index (χ3v) is 3.21. The Balaban J connectivity index is 2.02. The molecule has 0 bridgehead atoms. The third kappa shape index (κ3) is 3.51. The van der Waals surface area contributed by atoms with E-state index in [1.54, 1.807) is 0 Å². The zero-order valence-electron chi connectivity index (χ0n) is 8.89. The number of rotatable bonds is 7. The quantitative estimate of drug-likeness (QED) is 0.470. The molecular weight excluding hydrogens is 158 g/mol. The maximum absolute atomic E-state index is 3.76. The lowest BCUT2D eigenvalue weighted by Crippen LogP contribution is -2.35. The maximum atomic E-state index is 3.76. The van der Waals surface area contributed by atoms with E-state index in [1.807, 2.05) is 6.08 Å². The van der Waals surface area contributed by atoms with Gasteiger partial charge in [0.25, 0.3) is 0 Å². The molecule has 0 aromatic rings. The van der Waals surface area contributed by atoms with Crippen molar-refractivity contribution in [1.29, 1.82) is 0 Å². The molecule has 2 atom stereocenters.